The predicted molar refractivity (Wildman–Crippen MR) is 98.0 cm³/mol. The van der Waals surface area contributed by atoms with Crippen LogP contribution in [0.3, 0.4) is 0 Å². The van der Waals surface area contributed by atoms with E-state index >= 15 is 0 Å². The molecule has 3 aromatic rings. The number of nitrogens with two attached hydrogens (primary N) is 2. The van der Waals surface area contributed by atoms with Crippen molar-refractivity contribution in [3.8, 4) is 23.8 Å². The van der Waals surface area contributed by atoms with Crippen molar-refractivity contribution in [3.63, 3.8) is 0 Å². The lowest BCUT2D eigenvalue weighted by Crippen LogP contribution is -2.07. The summed E-state index contributed by atoms with van der Waals surface area (Å²) in [7, 11) is 0. The summed E-state index contributed by atoms with van der Waals surface area (Å²) in [6, 6.07) is 3.66. The van der Waals surface area contributed by atoms with Gasteiger partial charge in [0.1, 0.15) is 6.33 Å². The number of benzene rings is 1. The van der Waals surface area contributed by atoms with Crippen LogP contribution in [-0.4, -0.2) is 32.9 Å². The second-order valence-corrected chi connectivity index (χ2v) is 6.58. The number of aromatic nitrogens is 4. The summed E-state index contributed by atoms with van der Waals surface area (Å²) < 4.78 is 12.8. The van der Waals surface area contributed by atoms with E-state index in [9.17, 15) is 0 Å². The summed E-state index contributed by atoms with van der Waals surface area (Å²) >= 11 is 1.43. The molecule has 0 amide bonds. The zero-order chi connectivity index (χ0) is 18.1. The first-order valence-corrected chi connectivity index (χ1v) is 8.77. The molecular formula is C17H16N6O2S. The van der Waals surface area contributed by atoms with Gasteiger partial charge in [0.15, 0.2) is 33.6 Å². The van der Waals surface area contributed by atoms with Crippen LogP contribution in [0.25, 0.3) is 11.2 Å². The van der Waals surface area contributed by atoms with Crippen molar-refractivity contribution in [1.82, 2.24) is 19.5 Å². The van der Waals surface area contributed by atoms with Gasteiger partial charge in [-0.1, -0.05) is 17.7 Å². The van der Waals surface area contributed by atoms with Crippen LogP contribution in [-0.2, 0) is 6.54 Å². The number of hydrogen-bond acceptors (Lipinski definition) is 8. The van der Waals surface area contributed by atoms with Gasteiger partial charge in [0.25, 0.3) is 0 Å². The van der Waals surface area contributed by atoms with E-state index in [0.717, 1.165) is 16.5 Å². The Kier molecular flexibility index (Phi) is 4.28. The average Bonchev–Trinajstić information content (AvgIpc) is 3.24. The van der Waals surface area contributed by atoms with Gasteiger partial charge >= 0.3 is 0 Å². The molecule has 8 nitrogen and oxygen atoms in total. The van der Waals surface area contributed by atoms with Crippen LogP contribution in [0.5, 0.6) is 11.5 Å². The molecule has 0 aliphatic carbocycles. The summed E-state index contributed by atoms with van der Waals surface area (Å²) in [6.07, 6.45) is 7.88. The number of anilines is 1. The van der Waals surface area contributed by atoms with Crippen LogP contribution in [0.2, 0.25) is 0 Å². The molecule has 0 radical (unpaired) electrons. The van der Waals surface area contributed by atoms with E-state index in [2.05, 4.69) is 20.9 Å². The monoisotopic (exact) mass is 368 g/mol. The highest BCUT2D eigenvalue weighted by molar-refractivity contribution is 7.99. The normalized spacial score (nSPS) is 12.5. The van der Waals surface area contributed by atoms with Crippen molar-refractivity contribution in [3.05, 3.63) is 24.0 Å². The molecule has 0 atom stereocenters. The van der Waals surface area contributed by atoms with Crippen LogP contribution in [0.1, 0.15) is 12.0 Å². The van der Waals surface area contributed by atoms with E-state index in [1.54, 1.807) is 6.07 Å². The van der Waals surface area contributed by atoms with Crippen molar-refractivity contribution < 1.29 is 9.47 Å². The Bertz CT molecular complexity index is 1030. The van der Waals surface area contributed by atoms with Gasteiger partial charge in [-0.25, -0.2) is 15.0 Å². The number of hydrogen-bond donors (Lipinski definition) is 2. The van der Waals surface area contributed by atoms with E-state index in [4.69, 9.17) is 27.4 Å². The molecule has 2 aromatic heterocycles. The minimum atomic E-state index is 0.189. The van der Waals surface area contributed by atoms with Crippen molar-refractivity contribution in [1.29, 1.82) is 0 Å². The van der Waals surface area contributed by atoms with Gasteiger partial charge in [0, 0.05) is 23.1 Å². The molecule has 9 heteroatoms. The molecule has 0 bridgehead atoms. The second kappa shape index (κ2) is 6.74. The summed E-state index contributed by atoms with van der Waals surface area (Å²) in [5.41, 5.74) is 13.6. The molecule has 0 unspecified atom stereocenters. The number of ether oxygens (including phenoxy) is 2. The van der Waals surface area contributed by atoms with Crippen molar-refractivity contribution >= 4 is 28.7 Å². The third-order valence-corrected chi connectivity index (χ3v) is 4.99. The third kappa shape index (κ3) is 2.79. The maximum absolute atomic E-state index is 5.96. The highest BCUT2D eigenvalue weighted by Gasteiger charge is 2.20. The molecule has 1 aromatic carbocycles. The first-order chi connectivity index (χ1) is 12.7. The number of nitrogen functional groups attached to an aromatic ring is 1. The fourth-order valence-corrected chi connectivity index (χ4v) is 3.70. The number of aryl methyl sites for hydroxylation is 1. The minimum absolute atomic E-state index is 0.189. The average molecular weight is 368 g/mol. The topological polar surface area (TPSA) is 114 Å². The van der Waals surface area contributed by atoms with Crippen LogP contribution in [0.15, 0.2) is 28.5 Å². The fourth-order valence-electron chi connectivity index (χ4n) is 2.68. The number of fused-ring (bicyclic) bond motifs is 2. The molecule has 132 valence electrons. The Hall–Kier alpha value is -2.96. The lowest BCUT2D eigenvalue weighted by atomic mass is 10.2. The van der Waals surface area contributed by atoms with Crippen molar-refractivity contribution in [2.24, 2.45) is 5.73 Å². The largest absolute Gasteiger partial charge is 0.454 e. The standard InChI is InChI=1S/C17H16N6O2S/c1-2-10-6-11-12(25-9-24-11)7-13(10)26-17-22-14-15(19)20-8-21-16(14)23(17)5-3-4-18/h1,6-8H,3-5,9,18H2,(H2,19,20,21). The lowest BCUT2D eigenvalue weighted by molar-refractivity contribution is 0.174. The van der Waals surface area contributed by atoms with E-state index in [1.807, 2.05) is 10.6 Å². The maximum Gasteiger partial charge on any atom is 0.231 e. The van der Waals surface area contributed by atoms with Gasteiger partial charge in [-0.2, -0.15) is 0 Å². The highest BCUT2D eigenvalue weighted by Crippen LogP contribution is 2.41. The Morgan fingerprint density at radius 3 is 2.85 bits per heavy atom. The number of nitrogens with zero attached hydrogens (tertiary/aromatic N) is 4. The van der Waals surface area contributed by atoms with Gasteiger partial charge < -0.3 is 25.5 Å². The van der Waals surface area contributed by atoms with Gasteiger partial charge in [-0.05, 0) is 19.0 Å². The van der Waals surface area contributed by atoms with Crippen LogP contribution in [0.4, 0.5) is 5.82 Å². The van der Waals surface area contributed by atoms with Gasteiger partial charge in [-0.15, -0.1) is 6.42 Å². The molecule has 0 spiro atoms. The van der Waals surface area contributed by atoms with Gasteiger partial charge in [0.2, 0.25) is 6.79 Å². The Labute approximate surface area is 153 Å². The Balaban J connectivity index is 1.80. The smallest absolute Gasteiger partial charge is 0.231 e. The molecule has 3 heterocycles. The van der Waals surface area contributed by atoms with Gasteiger partial charge in [0.05, 0.1) is 0 Å². The molecule has 0 saturated carbocycles. The summed E-state index contributed by atoms with van der Waals surface area (Å²) in [6.45, 7) is 1.42. The summed E-state index contributed by atoms with van der Waals surface area (Å²) in [5, 5.41) is 0.719. The van der Waals surface area contributed by atoms with Crippen molar-refractivity contribution in [2.75, 3.05) is 19.1 Å². The zero-order valence-corrected chi connectivity index (χ0v) is 14.6. The zero-order valence-electron chi connectivity index (χ0n) is 13.8. The molecule has 26 heavy (non-hydrogen) atoms. The molecular weight excluding hydrogens is 352 g/mol. The fraction of sp³-hybridized carbons (Fsp3) is 0.235. The number of imidazole rings is 1. The predicted octanol–water partition coefficient (Wildman–Crippen LogP) is 1.62. The first kappa shape index (κ1) is 16.5. The molecule has 1 aliphatic rings. The van der Waals surface area contributed by atoms with Gasteiger partial charge in [-0.3, -0.25) is 0 Å². The van der Waals surface area contributed by atoms with E-state index in [-0.39, 0.29) is 6.79 Å². The lowest BCUT2D eigenvalue weighted by Gasteiger charge is -2.09. The minimum Gasteiger partial charge on any atom is -0.454 e. The number of terminal acetylenes is 1. The summed E-state index contributed by atoms with van der Waals surface area (Å²) in [4.78, 5) is 13.8. The SMILES string of the molecule is C#Cc1cc2c(cc1Sc1nc3c(N)ncnc3n1CCCN)OCO2. The summed E-state index contributed by atoms with van der Waals surface area (Å²) in [5.74, 6) is 4.34. The molecule has 0 fully saturated rings. The molecule has 1 aliphatic heterocycles. The van der Waals surface area contributed by atoms with Crippen LogP contribution >= 0.6 is 11.8 Å². The molecule has 4 rings (SSSR count). The second-order valence-electron chi connectivity index (χ2n) is 5.57. The van der Waals surface area contributed by atoms with Crippen LogP contribution < -0.4 is 20.9 Å². The van der Waals surface area contributed by atoms with E-state index in [1.165, 1.54) is 18.1 Å². The quantitative estimate of drug-likeness (QED) is 0.653. The first-order valence-electron chi connectivity index (χ1n) is 7.96. The highest BCUT2D eigenvalue weighted by atomic mass is 32.2. The van der Waals surface area contributed by atoms with Crippen molar-refractivity contribution in [2.45, 2.75) is 23.0 Å². The van der Waals surface area contributed by atoms with E-state index in [0.29, 0.717) is 47.1 Å². The van der Waals surface area contributed by atoms with E-state index < -0.39 is 0 Å². The van der Waals surface area contributed by atoms with Crippen LogP contribution in [0, 0.1) is 12.3 Å². The number of rotatable bonds is 5. The maximum atomic E-state index is 5.96. The Morgan fingerprint density at radius 2 is 2.08 bits per heavy atom. The molecule has 0 saturated heterocycles. The Morgan fingerprint density at radius 1 is 1.27 bits per heavy atom. The third-order valence-electron chi connectivity index (χ3n) is 3.94. The molecule has 4 N–H and O–H groups in total.